The minimum absolute atomic E-state index is 0.0247. The van der Waals surface area contributed by atoms with Crippen LogP contribution in [0, 0.1) is 0 Å². The number of carbonyl (C=O) groups excluding carboxylic acids is 2. The Bertz CT molecular complexity index is 995. The Morgan fingerprint density at radius 2 is 1.79 bits per heavy atom. The van der Waals surface area contributed by atoms with Crippen LogP contribution in [0.4, 0.5) is 0 Å². The van der Waals surface area contributed by atoms with Gasteiger partial charge >= 0.3 is 0 Å². The van der Waals surface area contributed by atoms with E-state index in [4.69, 9.17) is 17.0 Å². The first kappa shape index (κ1) is 20.3. The third kappa shape index (κ3) is 5.55. The van der Waals surface area contributed by atoms with E-state index in [1.165, 1.54) is 5.56 Å². The lowest BCUT2D eigenvalue weighted by atomic mass is 10.0. The van der Waals surface area contributed by atoms with Crippen molar-refractivity contribution < 1.29 is 14.3 Å². The number of hydrogen-bond acceptors (Lipinski definition) is 4. The second-order valence-electron chi connectivity index (χ2n) is 6.74. The highest BCUT2D eigenvalue weighted by atomic mass is 32.1. The van der Waals surface area contributed by atoms with Crippen LogP contribution in [0.25, 0.3) is 10.9 Å². The first-order chi connectivity index (χ1) is 13.9. The number of aromatic nitrogens is 1. The second kappa shape index (κ2) is 9.20. The molecule has 0 aliphatic carbocycles. The van der Waals surface area contributed by atoms with Crippen molar-refractivity contribution in [2.24, 2.45) is 0 Å². The van der Waals surface area contributed by atoms with E-state index in [1.54, 1.807) is 6.07 Å². The maximum Gasteiger partial charge on any atom is 0.276 e. The van der Waals surface area contributed by atoms with Gasteiger partial charge in [0.2, 0.25) is 0 Å². The molecule has 0 saturated heterocycles. The number of amides is 2. The van der Waals surface area contributed by atoms with Crippen molar-refractivity contribution in [3.8, 4) is 5.75 Å². The van der Waals surface area contributed by atoms with E-state index >= 15 is 0 Å². The summed E-state index contributed by atoms with van der Waals surface area (Å²) < 4.78 is 5.43. The Hall–Kier alpha value is -3.39. The van der Waals surface area contributed by atoms with Crippen LogP contribution in [0.15, 0.2) is 54.6 Å². The number of ether oxygens (including phenoxy) is 1. The molecule has 1 aromatic heterocycles. The number of thiocarbonyl (C=S) groups is 1. The smallest absolute Gasteiger partial charge is 0.276 e. The fraction of sp³-hybridized carbons (Fsp3) is 0.190. The Morgan fingerprint density at radius 1 is 1.07 bits per heavy atom. The number of nitrogens with one attached hydrogen (secondary N) is 4. The molecule has 3 aromatic rings. The Morgan fingerprint density at radius 3 is 2.48 bits per heavy atom. The van der Waals surface area contributed by atoms with Crippen LogP contribution in [0.3, 0.4) is 0 Å². The van der Waals surface area contributed by atoms with Crippen molar-refractivity contribution in [1.29, 1.82) is 0 Å². The van der Waals surface area contributed by atoms with Crippen molar-refractivity contribution in [2.75, 3.05) is 6.61 Å². The van der Waals surface area contributed by atoms with Gasteiger partial charge in [-0.25, -0.2) is 0 Å². The zero-order valence-electron chi connectivity index (χ0n) is 16.1. The summed E-state index contributed by atoms with van der Waals surface area (Å²) in [5, 5.41) is 3.39. The molecule has 1 heterocycles. The summed E-state index contributed by atoms with van der Waals surface area (Å²) in [6.45, 7) is 4.02. The first-order valence-corrected chi connectivity index (χ1v) is 9.54. The number of hydrazine groups is 1. The monoisotopic (exact) mass is 410 g/mol. The number of H-pyrrole nitrogens is 1. The van der Waals surface area contributed by atoms with E-state index in [2.05, 4.69) is 35.0 Å². The van der Waals surface area contributed by atoms with Crippen molar-refractivity contribution in [3.63, 3.8) is 0 Å². The van der Waals surface area contributed by atoms with Gasteiger partial charge in [0.25, 0.3) is 11.8 Å². The molecule has 0 aliphatic heterocycles. The van der Waals surface area contributed by atoms with E-state index in [9.17, 15) is 9.59 Å². The van der Waals surface area contributed by atoms with E-state index in [1.807, 2.05) is 48.5 Å². The van der Waals surface area contributed by atoms with Gasteiger partial charge in [-0.05, 0) is 48.0 Å². The summed E-state index contributed by atoms with van der Waals surface area (Å²) >= 11 is 5.03. The predicted octanol–water partition coefficient (Wildman–Crippen LogP) is 3.01. The van der Waals surface area contributed by atoms with Crippen LogP contribution in [0.2, 0.25) is 0 Å². The standard InChI is InChI=1S/C21H22N4O3S/c1-13(2)14-7-9-16(10-8-14)28-12-19(26)24-25-21(29)23-20(27)18-11-15-5-3-4-6-17(15)22-18/h3-11,13,22H,12H2,1-2H3,(H,24,26)(H2,23,25,27,29). The molecular weight excluding hydrogens is 388 g/mol. The van der Waals surface area contributed by atoms with Gasteiger partial charge in [-0.15, -0.1) is 0 Å². The average molecular weight is 410 g/mol. The molecule has 0 aliphatic rings. The molecule has 2 amide bonds. The maximum absolute atomic E-state index is 12.2. The molecule has 3 rings (SSSR count). The van der Waals surface area contributed by atoms with E-state index in [-0.39, 0.29) is 11.7 Å². The van der Waals surface area contributed by atoms with Crippen molar-refractivity contribution >= 4 is 40.0 Å². The van der Waals surface area contributed by atoms with Gasteiger partial charge < -0.3 is 9.72 Å². The van der Waals surface area contributed by atoms with Gasteiger partial charge in [0.1, 0.15) is 11.4 Å². The largest absolute Gasteiger partial charge is 0.484 e. The first-order valence-electron chi connectivity index (χ1n) is 9.13. The number of aromatic amines is 1. The van der Waals surface area contributed by atoms with Crippen molar-refractivity contribution in [3.05, 3.63) is 65.9 Å². The lowest BCUT2D eigenvalue weighted by molar-refractivity contribution is -0.123. The molecule has 0 bridgehead atoms. The molecule has 150 valence electrons. The number of benzene rings is 2. The summed E-state index contributed by atoms with van der Waals surface area (Å²) in [6, 6.07) is 16.8. The van der Waals surface area contributed by atoms with Crippen LogP contribution in [-0.2, 0) is 4.79 Å². The molecule has 0 saturated carbocycles. The fourth-order valence-electron chi connectivity index (χ4n) is 2.66. The van der Waals surface area contributed by atoms with Crippen LogP contribution in [-0.4, -0.2) is 28.5 Å². The molecule has 4 N–H and O–H groups in total. The molecule has 29 heavy (non-hydrogen) atoms. The van der Waals surface area contributed by atoms with Gasteiger partial charge in [0.15, 0.2) is 11.7 Å². The maximum atomic E-state index is 12.2. The molecule has 8 heteroatoms. The Kier molecular flexibility index (Phi) is 6.46. The molecule has 0 spiro atoms. The topological polar surface area (TPSA) is 95.2 Å². The summed E-state index contributed by atoms with van der Waals surface area (Å²) in [5.74, 6) is 0.186. The molecule has 0 atom stereocenters. The van der Waals surface area contributed by atoms with Crippen molar-refractivity contribution in [2.45, 2.75) is 19.8 Å². The Balaban J connectivity index is 1.42. The van der Waals surface area contributed by atoms with E-state index < -0.39 is 11.8 Å². The molecule has 0 radical (unpaired) electrons. The summed E-state index contributed by atoms with van der Waals surface area (Å²) in [6.07, 6.45) is 0. The summed E-state index contributed by atoms with van der Waals surface area (Å²) in [5.41, 5.74) is 7.28. The number of carbonyl (C=O) groups is 2. The quantitative estimate of drug-likeness (QED) is 0.383. The molecule has 0 fully saturated rings. The second-order valence-corrected chi connectivity index (χ2v) is 7.15. The minimum Gasteiger partial charge on any atom is -0.484 e. The number of rotatable bonds is 5. The summed E-state index contributed by atoms with van der Waals surface area (Å²) in [4.78, 5) is 27.1. The lowest BCUT2D eigenvalue weighted by Crippen LogP contribution is -2.49. The van der Waals surface area contributed by atoms with Gasteiger partial charge in [0, 0.05) is 10.9 Å². The normalized spacial score (nSPS) is 10.6. The van der Waals surface area contributed by atoms with Crippen LogP contribution in [0.1, 0.15) is 35.8 Å². The third-order valence-electron chi connectivity index (χ3n) is 4.23. The SMILES string of the molecule is CC(C)c1ccc(OCC(=O)NNC(=S)NC(=O)c2cc3ccccc3[nH]2)cc1. The van der Waals surface area contributed by atoms with Gasteiger partial charge in [0.05, 0.1) is 0 Å². The molecular formula is C21H22N4O3S. The van der Waals surface area contributed by atoms with Crippen molar-refractivity contribution in [1.82, 2.24) is 21.2 Å². The minimum atomic E-state index is -0.430. The van der Waals surface area contributed by atoms with Crippen LogP contribution >= 0.6 is 12.2 Å². The number of fused-ring (bicyclic) bond motifs is 1. The lowest BCUT2D eigenvalue weighted by Gasteiger charge is -2.11. The highest BCUT2D eigenvalue weighted by Crippen LogP contribution is 2.18. The van der Waals surface area contributed by atoms with E-state index in [0.29, 0.717) is 17.4 Å². The molecule has 0 unspecified atom stereocenters. The zero-order valence-corrected chi connectivity index (χ0v) is 16.9. The van der Waals surface area contributed by atoms with Crippen LogP contribution < -0.4 is 20.9 Å². The van der Waals surface area contributed by atoms with E-state index in [0.717, 1.165) is 10.9 Å². The molecule has 7 nitrogen and oxygen atoms in total. The van der Waals surface area contributed by atoms with Gasteiger partial charge in [-0.2, -0.15) is 0 Å². The average Bonchev–Trinajstić information content (AvgIpc) is 3.15. The third-order valence-corrected chi connectivity index (χ3v) is 4.44. The highest BCUT2D eigenvalue weighted by Gasteiger charge is 2.11. The van der Waals surface area contributed by atoms with Crippen LogP contribution in [0.5, 0.6) is 5.75 Å². The zero-order chi connectivity index (χ0) is 20.8. The number of hydrogen-bond donors (Lipinski definition) is 4. The fourth-order valence-corrected chi connectivity index (χ4v) is 2.80. The molecule has 2 aromatic carbocycles. The highest BCUT2D eigenvalue weighted by molar-refractivity contribution is 7.80. The van der Waals surface area contributed by atoms with Gasteiger partial charge in [-0.3, -0.25) is 25.8 Å². The summed E-state index contributed by atoms with van der Waals surface area (Å²) in [7, 11) is 0. The number of para-hydroxylation sites is 1. The predicted molar refractivity (Wildman–Crippen MR) is 116 cm³/mol. The Labute approximate surface area is 173 Å². The van der Waals surface area contributed by atoms with Gasteiger partial charge in [-0.1, -0.05) is 44.2 Å².